The van der Waals surface area contributed by atoms with Gasteiger partial charge in [-0.25, -0.2) is 0 Å². The van der Waals surface area contributed by atoms with E-state index in [0.29, 0.717) is 6.42 Å². The lowest BCUT2D eigenvalue weighted by Gasteiger charge is -2.36. The molecule has 2 amide bonds. The van der Waals surface area contributed by atoms with Crippen molar-refractivity contribution in [2.75, 3.05) is 0 Å². The van der Waals surface area contributed by atoms with Gasteiger partial charge in [-0.1, -0.05) is 47.5 Å². The molecule has 0 aromatic rings. The Labute approximate surface area is 126 Å². The maximum Gasteiger partial charge on any atom is 0.289 e. The molecule has 6 nitrogen and oxygen atoms in total. The first-order valence-corrected chi connectivity index (χ1v) is 7.33. The number of carbonyl (C=O) groups excluding carboxylic acids is 2. The highest BCUT2D eigenvalue weighted by Gasteiger charge is 2.40. The third-order valence-corrected chi connectivity index (χ3v) is 4.00. The number of amides is 2. The average molecular weight is 298 g/mol. The van der Waals surface area contributed by atoms with Crippen molar-refractivity contribution in [3.05, 3.63) is 9.81 Å². The normalized spacial score (nSPS) is 13.6. The van der Waals surface area contributed by atoms with Crippen molar-refractivity contribution in [3.8, 4) is 0 Å². The van der Waals surface area contributed by atoms with Crippen LogP contribution < -0.4 is 0 Å². The molecule has 0 aliphatic heterocycles. The monoisotopic (exact) mass is 298 g/mol. The van der Waals surface area contributed by atoms with Gasteiger partial charge in [-0.15, -0.1) is 9.81 Å². The summed E-state index contributed by atoms with van der Waals surface area (Å²) in [6.45, 7) is 9.54. The van der Waals surface area contributed by atoms with Crippen molar-refractivity contribution in [2.24, 2.45) is 27.1 Å². The molecular formula is C15H26N2O4. The summed E-state index contributed by atoms with van der Waals surface area (Å²) in [4.78, 5) is 44.1. The Balaban J connectivity index is 5.20. The molecule has 0 saturated heterocycles. The van der Waals surface area contributed by atoms with E-state index in [4.69, 9.17) is 0 Å². The van der Waals surface area contributed by atoms with Gasteiger partial charge in [0.1, 0.15) is 0 Å². The Kier molecular flexibility index (Phi) is 7.53. The van der Waals surface area contributed by atoms with Gasteiger partial charge in [0.05, 0.1) is 0 Å². The molecule has 21 heavy (non-hydrogen) atoms. The van der Waals surface area contributed by atoms with E-state index in [1.807, 2.05) is 13.8 Å². The fraction of sp³-hybridized carbons (Fsp3) is 0.867. The van der Waals surface area contributed by atoms with Gasteiger partial charge in [0, 0.05) is 22.7 Å². The summed E-state index contributed by atoms with van der Waals surface area (Å²) in [7, 11) is 0. The standard InChI is InChI=1S/C15H26N2O4/c1-6-7-8-14(2,3)9-11(13(19)17-21)15(4,5)10-12(18)16-20/h11H,6-10H2,1-5H3. The minimum absolute atomic E-state index is 0.143. The van der Waals surface area contributed by atoms with Gasteiger partial charge < -0.3 is 0 Å². The minimum atomic E-state index is -0.820. The fourth-order valence-electron chi connectivity index (χ4n) is 2.62. The van der Waals surface area contributed by atoms with Crippen LogP contribution in [0.3, 0.4) is 0 Å². The first kappa shape index (κ1) is 19.5. The van der Waals surface area contributed by atoms with Crippen LogP contribution in [-0.4, -0.2) is 11.8 Å². The van der Waals surface area contributed by atoms with E-state index in [9.17, 15) is 19.4 Å². The number of nitroso groups, excluding NO2 is 2. The van der Waals surface area contributed by atoms with Crippen LogP contribution in [0.2, 0.25) is 0 Å². The molecule has 0 radical (unpaired) electrons. The smallest absolute Gasteiger partial charge is 0.269 e. The second-order valence-electron chi connectivity index (χ2n) is 7.10. The van der Waals surface area contributed by atoms with E-state index in [1.165, 1.54) is 0 Å². The molecule has 0 spiro atoms. The number of hydrogen-bond donors (Lipinski definition) is 0. The second kappa shape index (κ2) is 8.10. The molecular weight excluding hydrogens is 272 g/mol. The lowest BCUT2D eigenvalue weighted by molar-refractivity contribution is -0.129. The van der Waals surface area contributed by atoms with Gasteiger partial charge in [0.25, 0.3) is 11.8 Å². The molecule has 120 valence electrons. The minimum Gasteiger partial charge on any atom is -0.269 e. The molecule has 1 unspecified atom stereocenters. The molecule has 6 heteroatoms. The third kappa shape index (κ3) is 6.69. The largest absolute Gasteiger partial charge is 0.289 e. The van der Waals surface area contributed by atoms with Gasteiger partial charge in [-0.2, -0.15) is 0 Å². The highest BCUT2D eigenvalue weighted by atomic mass is 16.3. The average Bonchev–Trinajstić information content (AvgIpc) is 2.41. The quantitative estimate of drug-likeness (QED) is 0.596. The van der Waals surface area contributed by atoms with E-state index in [1.54, 1.807) is 13.8 Å². The molecule has 0 N–H and O–H groups in total. The number of nitrogens with zero attached hydrogens (tertiary/aromatic N) is 2. The van der Waals surface area contributed by atoms with Gasteiger partial charge in [-0.05, 0) is 23.7 Å². The van der Waals surface area contributed by atoms with Crippen molar-refractivity contribution >= 4 is 11.8 Å². The number of carbonyl (C=O) groups is 2. The predicted octanol–water partition coefficient (Wildman–Crippen LogP) is 4.21. The zero-order valence-electron chi connectivity index (χ0n) is 13.6. The Morgan fingerprint density at radius 2 is 1.62 bits per heavy atom. The lowest BCUT2D eigenvalue weighted by atomic mass is 9.67. The SMILES string of the molecule is CCCCC(C)(C)CC(C(=O)N=O)C(C)(C)CC(=O)N=O. The maximum absolute atomic E-state index is 11.9. The second-order valence-corrected chi connectivity index (χ2v) is 7.10. The summed E-state index contributed by atoms with van der Waals surface area (Å²) >= 11 is 0. The molecule has 0 heterocycles. The van der Waals surface area contributed by atoms with Crippen LogP contribution in [0.15, 0.2) is 10.4 Å². The highest BCUT2D eigenvalue weighted by molar-refractivity contribution is 5.82. The summed E-state index contributed by atoms with van der Waals surface area (Å²) in [5.74, 6) is -2.26. The molecule has 0 rings (SSSR count). The van der Waals surface area contributed by atoms with Crippen LogP contribution in [0.25, 0.3) is 0 Å². The zero-order valence-corrected chi connectivity index (χ0v) is 13.6. The van der Waals surface area contributed by atoms with E-state index in [-0.39, 0.29) is 11.8 Å². The molecule has 0 fully saturated rings. The molecule has 0 aliphatic rings. The van der Waals surface area contributed by atoms with Crippen molar-refractivity contribution < 1.29 is 9.59 Å². The summed E-state index contributed by atoms with van der Waals surface area (Å²) in [6.07, 6.45) is 3.29. The molecule has 0 aromatic carbocycles. The Morgan fingerprint density at radius 1 is 1.05 bits per heavy atom. The number of hydrogen-bond acceptors (Lipinski definition) is 4. The van der Waals surface area contributed by atoms with E-state index in [2.05, 4.69) is 17.3 Å². The van der Waals surface area contributed by atoms with Crippen LogP contribution in [0.1, 0.15) is 66.7 Å². The van der Waals surface area contributed by atoms with Crippen molar-refractivity contribution in [1.29, 1.82) is 0 Å². The van der Waals surface area contributed by atoms with Gasteiger partial charge in [0.2, 0.25) is 0 Å². The first-order chi connectivity index (χ1) is 9.59. The molecule has 0 saturated carbocycles. The van der Waals surface area contributed by atoms with E-state index < -0.39 is 23.1 Å². The summed E-state index contributed by atoms with van der Waals surface area (Å²) in [5.41, 5.74) is -0.963. The predicted molar refractivity (Wildman–Crippen MR) is 81.4 cm³/mol. The van der Waals surface area contributed by atoms with Crippen LogP contribution >= 0.6 is 0 Å². The number of rotatable bonds is 9. The van der Waals surface area contributed by atoms with Crippen molar-refractivity contribution in [2.45, 2.75) is 66.7 Å². The molecule has 1 atom stereocenters. The van der Waals surface area contributed by atoms with Gasteiger partial charge in [0.15, 0.2) is 0 Å². The highest BCUT2D eigenvalue weighted by Crippen LogP contribution is 2.41. The summed E-state index contributed by atoms with van der Waals surface area (Å²) < 4.78 is 0. The molecule has 0 aliphatic carbocycles. The van der Waals surface area contributed by atoms with Crippen LogP contribution in [0.4, 0.5) is 0 Å². The topological polar surface area (TPSA) is 93.0 Å². The van der Waals surface area contributed by atoms with Crippen LogP contribution in [-0.2, 0) is 9.59 Å². The van der Waals surface area contributed by atoms with Crippen LogP contribution in [0.5, 0.6) is 0 Å². The molecule has 0 bridgehead atoms. The Bertz CT molecular complexity index is 402. The fourth-order valence-corrected chi connectivity index (χ4v) is 2.62. The van der Waals surface area contributed by atoms with Gasteiger partial charge in [-0.3, -0.25) is 9.59 Å². The van der Waals surface area contributed by atoms with Gasteiger partial charge >= 0.3 is 0 Å². The molecule has 0 aromatic heterocycles. The Morgan fingerprint density at radius 3 is 2.05 bits per heavy atom. The van der Waals surface area contributed by atoms with Crippen molar-refractivity contribution in [3.63, 3.8) is 0 Å². The number of unbranched alkanes of at least 4 members (excludes halogenated alkanes) is 1. The lowest BCUT2D eigenvalue weighted by Crippen LogP contribution is -2.35. The zero-order chi connectivity index (χ0) is 16.7. The van der Waals surface area contributed by atoms with Crippen LogP contribution in [0, 0.1) is 26.6 Å². The van der Waals surface area contributed by atoms with E-state index >= 15 is 0 Å². The summed E-state index contributed by atoms with van der Waals surface area (Å²) in [6, 6.07) is 0. The van der Waals surface area contributed by atoms with E-state index in [0.717, 1.165) is 19.3 Å². The maximum atomic E-state index is 11.9. The summed E-state index contributed by atoms with van der Waals surface area (Å²) in [5, 5.41) is 4.92. The van der Waals surface area contributed by atoms with Crippen molar-refractivity contribution in [1.82, 2.24) is 0 Å². The Hall–Kier alpha value is -1.46. The first-order valence-electron chi connectivity index (χ1n) is 7.33. The third-order valence-electron chi connectivity index (χ3n) is 4.00.